The number of anilines is 1. The highest BCUT2D eigenvalue weighted by Crippen LogP contribution is 2.33. The van der Waals surface area contributed by atoms with E-state index in [1.807, 2.05) is 24.5 Å². The van der Waals surface area contributed by atoms with E-state index in [0.717, 1.165) is 17.4 Å². The van der Waals surface area contributed by atoms with Gasteiger partial charge in [-0.3, -0.25) is 4.40 Å². The molecule has 1 N–H and O–H groups in total. The highest BCUT2D eigenvalue weighted by Gasteiger charge is 2.27. The summed E-state index contributed by atoms with van der Waals surface area (Å²) in [5.74, 6) is 2.01. The van der Waals surface area contributed by atoms with E-state index in [1.165, 1.54) is 12.8 Å². The van der Waals surface area contributed by atoms with Crippen LogP contribution in [0.15, 0.2) is 30.6 Å². The minimum Gasteiger partial charge on any atom is -0.368 e. The van der Waals surface area contributed by atoms with Gasteiger partial charge in [0.25, 0.3) is 0 Å². The number of pyridine rings is 1. The molecule has 0 aliphatic heterocycles. The van der Waals surface area contributed by atoms with Gasteiger partial charge in [0.2, 0.25) is 0 Å². The van der Waals surface area contributed by atoms with Crippen LogP contribution >= 0.6 is 0 Å². The normalized spacial score (nSPS) is 17.9. The monoisotopic (exact) mass is 201 g/mol. The van der Waals surface area contributed by atoms with Gasteiger partial charge in [-0.1, -0.05) is 6.07 Å². The average Bonchev–Trinajstić information content (AvgIpc) is 2.97. The Balaban J connectivity index is 1.92. The molecular formula is C12H15N3. The summed E-state index contributed by atoms with van der Waals surface area (Å²) in [4.78, 5) is 4.27. The van der Waals surface area contributed by atoms with Crippen molar-refractivity contribution in [2.75, 3.05) is 5.32 Å². The van der Waals surface area contributed by atoms with Crippen molar-refractivity contribution in [2.45, 2.75) is 25.8 Å². The van der Waals surface area contributed by atoms with E-state index in [0.29, 0.717) is 6.04 Å². The van der Waals surface area contributed by atoms with Gasteiger partial charge < -0.3 is 5.32 Å². The summed E-state index contributed by atoms with van der Waals surface area (Å²) >= 11 is 0. The molecule has 3 nitrogen and oxygen atoms in total. The first kappa shape index (κ1) is 8.77. The minimum atomic E-state index is 0.568. The van der Waals surface area contributed by atoms with Crippen LogP contribution in [0.25, 0.3) is 5.65 Å². The van der Waals surface area contributed by atoms with Gasteiger partial charge in [0, 0.05) is 18.4 Å². The quantitative estimate of drug-likeness (QED) is 0.827. The van der Waals surface area contributed by atoms with Crippen LogP contribution in [0.1, 0.15) is 19.8 Å². The summed E-state index contributed by atoms with van der Waals surface area (Å²) in [6.45, 7) is 2.26. The van der Waals surface area contributed by atoms with Crippen LogP contribution in [0.2, 0.25) is 0 Å². The first-order valence-corrected chi connectivity index (χ1v) is 5.53. The molecule has 3 rings (SSSR count). The van der Waals surface area contributed by atoms with Gasteiger partial charge in [-0.25, -0.2) is 4.98 Å². The molecule has 0 spiro atoms. The molecule has 2 aromatic rings. The van der Waals surface area contributed by atoms with Crippen molar-refractivity contribution in [1.82, 2.24) is 9.38 Å². The molecule has 0 saturated heterocycles. The molecule has 1 aliphatic carbocycles. The lowest BCUT2D eigenvalue weighted by Crippen LogP contribution is -2.18. The average molecular weight is 201 g/mol. The van der Waals surface area contributed by atoms with Gasteiger partial charge in [0.05, 0.1) is 0 Å². The van der Waals surface area contributed by atoms with E-state index < -0.39 is 0 Å². The van der Waals surface area contributed by atoms with E-state index in [9.17, 15) is 0 Å². The SMILES string of the molecule is CC(Nc1cccc2nccn12)C1CC1. The summed E-state index contributed by atoms with van der Waals surface area (Å²) in [5, 5.41) is 3.56. The highest BCUT2D eigenvalue weighted by molar-refractivity contribution is 5.50. The van der Waals surface area contributed by atoms with Crippen LogP contribution in [0, 0.1) is 5.92 Å². The van der Waals surface area contributed by atoms with Crippen molar-refractivity contribution >= 4 is 11.5 Å². The summed E-state index contributed by atoms with van der Waals surface area (Å²) in [6.07, 6.45) is 6.57. The zero-order chi connectivity index (χ0) is 10.3. The predicted octanol–water partition coefficient (Wildman–Crippen LogP) is 2.54. The molecule has 0 aromatic carbocycles. The molecule has 1 saturated carbocycles. The largest absolute Gasteiger partial charge is 0.368 e. The number of nitrogens with zero attached hydrogens (tertiary/aromatic N) is 2. The molecule has 78 valence electrons. The third kappa shape index (κ3) is 1.58. The Hall–Kier alpha value is -1.51. The maximum absolute atomic E-state index is 4.27. The van der Waals surface area contributed by atoms with Gasteiger partial charge in [0.1, 0.15) is 11.5 Å². The van der Waals surface area contributed by atoms with E-state index in [4.69, 9.17) is 0 Å². The van der Waals surface area contributed by atoms with E-state index in [2.05, 4.69) is 27.7 Å². The second kappa shape index (κ2) is 3.26. The topological polar surface area (TPSA) is 29.3 Å². The molecule has 1 atom stereocenters. The molecular weight excluding hydrogens is 186 g/mol. The molecule has 1 fully saturated rings. The maximum Gasteiger partial charge on any atom is 0.138 e. The summed E-state index contributed by atoms with van der Waals surface area (Å²) in [5.41, 5.74) is 1.00. The number of imidazole rings is 1. The number of hydrogen-bond acceptors (Lipinski definition) is 2. The number of hydrogen-bond donors (Lipinski definition) is 1. The third-order valence-corrected chi connectivity index (χ3v) is 3.13. The third-order valence-electron chi connectivity index (χ3n) is 3.13. The zero-order valence-electron chi connectivity index (χ0n) is 8.85. The first-order chi connectivity index (χ1) is 7.34. The minimum absolute atomic E-state index is 0.568. The Kier molecular flexibility index (Phi) is 1.91. The molecule has 1 aliphatic rings. The molecule has 3 heteroatoms. The van der Waals surface area contributed by atoms with Crippen LogP contribution < -0.4 is 5.32 Å². The fraction of sp³-hybridized carbons (Fsp3) is 0.417. The number of aromatic nitrogens is 2. The molecule has 0 radical (unpaired) electrons. The van der Waals surface area contributed by atoms with Crippen molar-refractivity contribution in [1.29, 1.82) is 0 Å². The molecule has 0 bridgehead atoms. The van der Waals surface area contributed by atoms with E-state index in [1.54, 1.807) is 0 Å². The fourth-order valence-corrected chi connectivity index (χ4v) is 2.01. The fourth-order valence-electron chi connectivity index (χ4n) is 2.01. The lowest BCUT2D eigenvalue weighted by atomic mass is 10.2. The lowest BCUT2D eigenvalue weighted by Gasteiger charge is -2.15. The standard InChI is InChI=1S/C12H15N3/c1-9(10-5-6-10)14-12-4-2-3-11-13-7-8-15(11)12/h2-4,7-10,14H,5-6H2,1H3. The Morgan fingerprint density at radius 3 is 3.13 bits per heavy atom. The summed E-state index contributed by atoms with van der Waals surface area (Å²) in [6, 6.07) is 6.74. The van der Waals surface area contributed by atoms with Crippen molar-refractivity contribution in [3.63, 3.8) is 0 Å². The zero-order valence-corrected chi connectivity index (χ0v) is 8.85. The van der Waals surface area contributed by atoms with Crippen LogP contribution in [-0.2, 0) is 0 Å². The Bertz CT molecular complexity index is 470. The maximum atomic E-state index is 4.27. The molecule has 0 amide bonds. The van der Waals surface area contributed by atoms with Gasteiger partial charge in [0.15, 0.2) is 0 Å². The highest BCUT2D eigenvalue weighted by atomic mass is 15.1. The van der Waals surface area contributed by atoms with Gasteiger partial charge >= 0.3 is 0 Å². The molecule has 1 unspecified atom stereocenters. The molecule has 15 heavy (non-hydrogen) atoms. The number of rotatable bonds is 3. The Morgan fingerprint density at radius 2 is 2.33 bits per heavy atom. The van der Waals surface area contributed by atoms with Crippen LogP contribution in [-0.4, -0.2) is 15.4 Å². The second-order valence-electron chi connectivity index (χ2n) is 4.34. The van der Waals surface area contributed by atoms with Crippen molar-refractivity contribution < 1.29 is 0 Å². The summed E-state index contributed by atoms with van der Waals surface area (Å²) < 4.78 is 2.10. The lowest BCUT2D eigenvalue weighted by molar-refractivity contribution is 0.689. The predicted molar refractivity (Wildman–Crippen MR) is 61.0 cm³/mol. The van der Waals surface area contributed by atoms with Crippen molar-refractivity contribution in [2.24, 2.45) is 5.92 Å². The second-order valence-corrected chi connectivity index (χ2v) is 4.34. The molecule has 2 heterocycles. The molecule has 2 aromatic heterocycles. The van der Waals surface area contributed by atoms with Crippen molar-refractivity contribution in [3.05, 3.63) is 30.6 Å². The van der Waals surface area contributed by atoms with Gasteiger partial charge in [-0.05, 0) is 37.8 Å². The smallest absolute Gasteiger partial charge is 0.138 e. The Labute approximate surface area is 89.1 Å². The van der Waals surface area contributed by atoms with Gasteiger partial charge in [-0.2, -0.15) is 0 Å². The van der Waals surface area contributed by atoms with Crippen LogP contribution in [0.3, 0.4) is 0 Å². The van der Waals surface area contributed by atoms with Crippen molar-refractivity contribution in [3.8, 4) is 0 Å². The number of fused-ring (bicyclic) bond motifs is 1. The number of nitrogens with one attached hydrogen (secondary N) is 1. The van der Waals surface area contributed by atoms with Gasteiger partial charge in [-0.15, -0.1) is 0 Å². The Morgan fingerprint density at radius 1 is 1.47 bits per heavy atom. The summed E-state index contributed by atoms with van der Waals surface area (Å²) in [7, 11) is 0. The van der Waals surface area contributed by atoms with E-state index >= 15 is 0 Å². The van der Waals surface area contributed by atoms with Crippen LogP contribution in [0.4, 0.5) is 5.82 Å². The first-order valence-electron chi connectivity index (χ1n) is 5.53. The van der Waals surface area contributed by atoms with E-state index in [-0.39, 0.29) is 0 Å². The van der Waals surface area contributed by atoms with Crippen LogP contribution in [0.5, 0.6) is 0 Å².